The molecule has 5 heterocycles. The summed E-state index contributed by atoms with van der Waals surface area (Å²) in [5, 5.41) is 3.39. The molecule has 2 aliphatic rings. The first-order chi connectivity index (χ1) is 21.1. The van der Waals surface area contributed by atoms with Crippen molar-refractivity contribution in [2.45, 2.75) is 37.6 Å². The SMILES string of the molecule is C=CC(=O)N1CCN(c2nc(=O)n3c4nc(c(Cl)cc24)-c2c(F)cccc2NC(=O)CSc2ccnc(C(C)C)c2-3)[C@H](C)C1. The molecule has 0 radical (unpaired) electrons. The third-order valence-corrected chi connectivity index (χ3v) is 9.09. The van der Waals surface area contributed by atoms with Gasteiger partial charge in [-0.25, -0.2) is 18.7 Å². The lowest BCUT2D eigenvalue weighted by molar-refractivity contribution is -0.126. The van der Waals surface area contributed by atoms with Crippen LogP contribution in [0.1, 0.15) is 32.4 Å². The zero-order valence-corrected chi connectivity index (χ0v) is 25.9. The second-order valence-electron chi connectivity index (χ2n) is 11.0. The summed E-state index contributed by atoms with van der Waals surface area (Å²) in [4.78, 5) is 57.9. The molecule has 2 aliphatic heterocycles. The van der Waals surface area contributed by atoms with Gasteiger partial charge in [0.1, 0.15) is 11.6 Å². The number of nitrogens with zero attached hydrogens (tertiary/aromatic N) is 6. The number of rotatable bonds is 3. The van der Waals surface area contributed by atoms with Crippen molar-refractivity contribution in [3.8, 4) is 16.9 Å². The summed E-state index contributed by atoms with van der Waals surface area (Å²) >= 11 is 8.09. The number of hydrogen-bond donors (Lipinski definition) is 1. The number of fused-ring (bicyclic) bond motifs is 5. The van der Waals surface area contributed by atoms with Gasteiger partial charge in [0.15, 0.2) is 5.65 Å². The van der Waals surface area contributed by atoms with Crippen LogP contribution in [0.3, 0.4) is 0 Å². The van der Waals surface area contributed by atoms with Crippen LogP contribution in [0.25, 0.3) is 28.0 Å². The number of piperazine rings is 1. The Morgan fingerprint density at radius 1 is 1.23 bits per heavy atom. The summed E-state index contributed by atoms with van der Waals surface area (Å²) in [6, 6.07) is 7.52. The summed E-state index contributed by atoms with van der Waals surface area (Å²) in [6.45, 7) is 10.7. The number of amides is 2. The lowest BCUT2D eigenvalue weighted by Crippen LogP contribution is -2.54. The fourth-order valence-corrected chi connectivity index (χ4v) is 6.81. The van der Waals surface area contributed by atoms with Crippen molar-refractivity contribution >= 4 is 57.7 Å². The topological polar surface area (TPSA) is 113 Å². The first-order valence-electron chi connectivity index (χ1n) is 14.1. The molecule has 2 bridgehead atoms. The molecule has 0 saturated carbocycles. The van der Waals surface area contributed by atoms with Gasteiger partial charge in [-0.1, -0.05) is 38.1 Å². The Balaban J connectivity index is 1.70. The quantitative estimate of drug-likeness (QED) is 0.313. The lowest BCUT2D eigenvalue weighted by Gasteiger charge is -2.40. The van der Waals surface area contributed by atoms with Crippen LogP contribution in [0.5, 0.6) is 0 Å². The first-order valence-corrected chi connectivity index (χ1v) is 15.5. The van der Waals surface area contributed by atoms with E-state index >= 15 is 4.39 Å². The third-order valence-electron chi connectivity index (χ3n) is 7.76. The predicted octanol–water partition coefficient (Wildman–Crippen LogP) is 5.03. The van der Waals surface area contributed by atoms with Crippen LogP contribution in [-0.4, -0.2) is 67.7 Å². The Labute approximate surface area is 262 Å². The van der Waals surface area contributed by atoms with Gasteiger partial charge in [-0.05, 0) is 43.2 Å². The van der Waals surface area contributed by atoms with Crippen molar-refractivity contribution in [3.05, 3.63) is 76.2 Å². The summed E-state index contributed by atoms with van der Waals surface area (Å²) < 4.78 is 16.9. The molecule has 0 aliphatic carbocycles. The number of thioether (sulfide) groups is 1. The Bertz CT molecular complexity index is 1910. The molecule has 3 aromatic heterocycles. The molecule has 10 nitrogen and oxygen atoms in total. The number of benzene rings is 1. The number of halogens is 2. The van der Waals surface area contributed by atoms with Gasteiger partial charge in [0.05, 0.1) is 44.5 Å². The molecule has 226 valence electrons. The minimum Gasteiger partial charge on any atom is -0.350 e. The van der Waals surface area contributed by atoms with Crippen LogP contribution in [0, 0.1) is 5.82 Å². The fraction of sp³-hybridized carbons (Fsp3) is 0.290. The maximum Gasteiger partial charge on any atom is 0.355 e. The Hall–Kier alpha value is -4.29. The maximum atomic E-state index is 15.5. The molecule has 6 rings (SSSR count). The number of hydrogen-bond acceptors (Lipinski definition) is 8. The maximum absolute atomic E-state index is 15.5. The lowest BCUT2D eigenvalue weighted by atomic mass is 10.1. The molecule has 13 heteroatoms. The third kappa shape index (κ3) is 5.11. The van der Waals surface area contributed by atoms with Crippen LogP contribution in [0.2, 0.25) is 5.02 Å². The van der Waals surface area contributed by atoms with Gasteiger partial charge in [-0.15, -0.1) is 11.8 Å². The van der Waals surface area contributed by atoms with E-state index in [1.165, 1.54) is 34.5 Å². The van der Waals surface area contributed by atoms with Crippen molar-refractivity contribution in [2.75, 3.05) is 35.6 Å². The van der Waals surface area contributed by atoms with Gasteiger partial charge in [0, 0.05) is 36.8 Å². The second-order valence-corrected chi connectivity index (χ2v) is 12.4. The van der Waals surface area contributed by atoms with Crippen LogP contribution in [0.15, 0.2) is 58.9 Å². The zero-order valence-electron chi connectivity index (χ0n) is 24.3. The number of aromatic nitrogens is 4. The molecule has 0 spiro atoms. The minimum absolute atomic E-state index is 0.00573. The average molecular weight is 634 g/mol. The largest absolute Gasteiger partial charge is 0.355 e. The number of carbonyl (C=O) groups excluding carboxylic acids is 2. The van der Waals surface area contributed by atoms with Crippen molar-refractivity contribution < 1.29 is 14.0 Å². The van der Waals surface area contributed by atoms with Gasteiger partial charge in [0.2, 0.25) is 11.8 Å². The average Bonchev–Trinajstić information content (AvgIpc) is 2.99. The van der Waals surface area contributed by atoms with E-state index < -0.39 is 11.5 Å². The number of nitrogens with one attached hydrogen (secondary N) is 1. The van der Waals surface area contributed by atoms with Gasteiger partial charge >= 0.3 is 5.69 Å². The summed E-state index contributed by atoms with van der Waals surface area (Å²) in [5.41, 5.74) is 0.959. The number of carbonyl (C=O) groups is 2. The van der Waals surface area contributed by atoms with E-state index in [1.54, 1.807) is 29.3 Å². The molecule has 0 unspecified atom stereocenters. The molecule has 1 saturated heterocycles. The van der Waals surface area contributed by atoms with E-state index in [1.807, 2.05) is 25.7 Å². The predicted molar refractivity (Wildman–Crippen MR) is 170 cm³/mol. The van der Waals surface area contributed by atoms with Crippen molar-refractivity contribution in [3.63, 3.8) is 0 Å². The van der Waals surface area contributed by atoms with Crippen LogP contribution < -0.4 is 15.9 Å². The standard InChI is InChI=1S/C31H29ClFN7O3S/c1-5-24(42)38-11-12-39(17(4)14-38)29-18-13-19(32)27-25-20(33)7-6-8-21(25)35-23(41)15-44-22-9-10-34-26(16(2)3)28(22)40(30(18)36-27)31(43)37-29/h5-10,13,16-17H,1,11-12,14-15H2,2-4H3,(H,35,41)/t17-/m1/s1. The first kappa shape index (κ1) is 29.8. The van der Waals surface area contributed by atoms with Crippen molar-refractivity contribution in [1.29, 1.82) is 0 Å². The van der Waals surface area contributed by atoms with E-state index in [9.17, 15) is 14.4 Å². The number of pyridine rings is 2. The summed E-state index contributed by atoms with van der Waals surface area (Å²) in [6.07, 6.45) is 2.93. The monoisotopic (exact) mass is 633 g/mol. The second kappa shape index (κ2) is 11.7. The van der Waals surface area contributed by atoms with Gasteiger partial charge in [-0.2, -0.15) is 4.98 Å². The van der Waals surface area contributed by atoms with Crippen molar-refractivity contribution in [1.82, 2.24) is 24.4 Å². The summed E-state index contributed by atoms with van der Waals surface area (Å²) in [5.74, 6) is -0.915. The Morgan fingerprint density at radius 3 is 2.75 bits per heavy atom. The highest BCUT2D eigenvalue weighted by molar-refractivity contribution is 8.00. The van der Waals surface area contributed by atoms with Gasteiger partial charge < -0.3 is 15.1 Å². The highest BCUT2D eigenvalue weighted by atomic mass is 35.5. The molecule has 4 aromatic rings. The van der Waals surface area contributed by atoms with E-state index in [4.69, 9.17) is 16.6 Å². The minimum atomic E-state index is -0.633. The highest BCUT2D eigenvalue weighted by Gasteiger charge is 2.31. The molecule has 2 amide bonds. The van der Waals surface area contributed by atoms with Gasteiger partial charge in [-0.3, -0.25) is 14.6 Å². The normalized spacial score (nSPS) is 16.7. The Kier molecular flexibility index (Phi) is 7.89. The molecular weight excluding hydrogens is 605 g/mol. The van der Waals surface area contributed by atoms with E-state index in [2.05, 4.69) is 21.9 Å². The molecule has 44 heavy (non-hydrogen) atoms. The van der Waals surface area contributed by atoms with Crippen molar-refractivity contribution in [2.24, 2.45) is 0 Å². The number of anilines is 2. The molecule has 1 atom stereocenters. The Morgan fingerprint density at radius 2 is 2.02 bits per heavy atom. The molecule has 1 fully saturated rings. The summed E-state index contributed by atoms with van der Waals surface area (Å²) in [7, 11) is 0. The zero-order chi connectivity index (χ0) is 31.3. The van der Waals surface area contributed by atoms with E-state index in [0.717, 1.165) is 0 Å². The molecular formula is C31H29ClFN7O3S. The van der Waals surface area contributed by atoms with E-state index in [0.29, 0.717) is 47.1 Å². The molecule has 1 N–H and O–H groups in total. The highest BCUT2D eigenvalue weighted by Crippen LogP contribution is 2.40. The van der Waals surface area contributed by atoms with Crippen LogP contribution >= 0.6 is 23.4 Å². The fourth-order valence-electron chi connectivity index (χ4n) is 5.72. The van der Waals surface area contributed by atoms with Crippen LogP contribution in [-0.2, 0) is 9.59 Å². The smallest absolute Gasteiger partial charge is 0.350 e. The van der Waals surface area contributed by atoms with Crippen LogP contribution in [0.4, 0.5) is 15.9 Å². The van der Waals surface area contributed by atoms with Gasteiger partial charge in [0.25, 0.3) is 0 Å². The van der Waals surface area contributed by atoms with E-state index in [-0.39, 0.29) is 57.1 Å². The molecule has 1 aromatic carbocycles.